The lowest BCUT2D eigenvalue weighted by atomic mass is 10.1. The third-order valence-electron chi connectivity index (χ3n) is 2.47. The molecule has 0 atom stereocenters. The van der Waals surface area contributed by atoms with Gasteiger partial charge in [0.1, 0.15) is 5.75 Å². The van der Waals surface area contributed by atoms with E-state index in [0.717, 1.165) is 4.90 Å². The van der Waals surface area contributed by atoms with Crippen LogP contribution in [0.3, 0.4) is 0 Å². The number of carbonyl (C=O) groups excluding carboxylic acids is 1. The van der Waals surface area contributed by atoms with Crippen LogP contribution in [0.2, 0.25) is 0 Å². The molecular formula is C12H14BrF2NO2. The van der Waals surface area contributed by atoms with Gasteiger partial charge in [-0.25, -0.2) is 8.78 Å². The molecule has 0 aliphatic carbocycles. The second kappa shape index (κ2) is 6.68. The molecule has 0 aliphatic heterocycles. The summed E-state index contributed by atoms with van der Waals surface area (Å²) in [6.45, 7) is 1.17. The molecule has 3 nitrogen and oxygen atoms in total. The normalized spacial score (nSPS) is 10.7. The largest absolute Gasteiger partial charge is 0.507 e. The number of amides is 1. The number of carbonyl (C=O) groups is 1. The highest BCUT2D eigenvalue weighted by atomic mass is 79.9. The number of benzene rings is 1. The quantitative estimate of drug-likeness (QED) is 0.847. The van der Waals surface area contributed by atoms with Crippen LogP contribution in [0, 0.1) is 6.92 Å². The van der Waals surface area contributed by atoms with Crippen molar-refractivity contribution in [1.82, 2.24) is 4.90 Å². The number of para-hydroxylation sites is 1. The van der Waals surface area contributed by atoms with E-state index in [1.54, 1.807) is 19.1 Å². The molecule has 1 N–H and O–H groups in total. The van der Waals surface area contributed by atoms with E-state index in [4.69, 9.17) is 0 Å². The zero-order chi connectivity index (χ0) is 13.7. The number of phenolic OH excluding ortho intramolecular Hbond substituents is 1. The molecule has 0 bridgehead atoms. The van der Waals surface area contributed by atoms with Gasteiger partial charge >= 0.3 is 0 Å². The first-order valence-corrected chi connectivity index (χ1v) is 6.51. The molecule has 0 fully saturated rings. The molecule has 0 radical (unpaired) electrons. The molecule has 0 aliphatic rings. The molecule has 18 heavy (non-hydrogen) atoms. The molecule has 0 aromatic heterocycles. The van der Waals surface area contributed by atoms with E-state index < -0.39 is 18.9 Å². The van der Waals surface area contributed by atoms with Gasteiger partial charge in [-0.05, 0) is 18.6 Å². The second-order valence-corrected chi connectivity index (χ2v) is 4.60. The lowest BCUT2D eigenvalue weighted by Crippen LogP contribution is -2.36. The summed E-state index contributed by atoms with van der Waals surface area (Å²) in [6, 6.07) is 4.68. The Labute approximate surface area is 113 Å². The number of rotatable bonds is 5. The Morgan fingerprint density at radius 1 is 1.50 bits per heavy atom. The highest BCUT2D eigenvalue weighted by molar-refractivity contribution is 9.09. The number of aryl methyl sites for hydroxylation is 1. The number of nitrogens with zero attached hydrogens (tertiary/aromatic N) is 1. The molecule has 100 valence electrons. The van der Waals surface area contributed by atoms with Crippen LogP contribution in [-0.2, 0) is 0 Å². The van der Waals surface area contributed by atoms with Crippen molar-refractivity contribution in [3.05, 3.63) is 29.3 Å². The van der Waals surface area contributed by atoms with Crippen molar-refractivity contribution in [2.75, 3.05) is 18.4 Å². The third-order valence-corrected chi connectivity index (χ3v) is 2.82. The molecule has 1 aromatic rings. The molecular weight excluding hydrogens is 308 g/mol. The molecule has 6 heteroatoms. The molecule has 0 unspecified atom stereocenters. The lowest BCUT2D eigenvalue weighted by Gasteiger charge is -2.22. The van der Waals surface area contributed by atoms with Crippen molar-refractivity contribution in [3.8, 4) is 5.75 Å². The number of halogens is 3. The molecule has 0 saturated heterocycles. The van der Waals surface area contributed by atoms with E-state index in [-0.39, 0.29) is 17.9 Å². The highest BCUT2D eigenvalue weighted by Gasteiger charge is 2.22. The van der Waals surface area contributed by atoms with Crippen LogP contribution in [-0.4, -0.2) is 40.8 Å². The predicted molar refractivity (Wildman–Crippen MR) is 68.5 cm³/mol. The summed E-state index contributed by atoms with van der Waals surface area (Å²) in [5.74, 6) is -0.743. The van der Waals surface area contributed by atoms with Crippen LogP contribution in [0.1, 0.15) is 15.9 Å². The Hall–Kier alpha value is -1.17. The predicted octanol–water partition coefficient (Wildman–Crippen LogP) is 2.80. The standard InChI is InChI=1S/C12H14BrF2NO2/c1-8-3-2-4-9(11(8)17)12(18)16(6-5-13)7-10(14)15/h2-4,10,17H,5-7H2,1H3. The molecule has 0 saturated carbocycles. The van der Waals surface area contributed by atoms with Gasteiger partial charge in [0.2, 0.25) is 0 Å². The van der Waals surface area contributed by atoms with Crippen molar-refractivity contribution in [1.29, 1.82) is 0 Å². The van der Waals surface area contributed by atoms with Gasteiger partial charge in [-0.2, -0.15) is 0 Å². The highest BCUT2D eigenvalue weighted by Crippen LogP contribution is 2.23. The fraction of sp³-hybridized carbons (Fsp3) is 0.417. The van der Waals surface area contributed by atoms with Crippen LogP contribution < -0.4 is 0 Å². The van der Waals surface area contributed by atoms with Gasteiger partial charge in [0, 0.05) is 11.9 Å². The van der Waals surface area contributed by atoms with E-state index >= 15 is 0 Å². The minimum atomic E-state index is -2.60. The van der Waals surface area contributed by atoms with Crippen molar-refractivity contribution >= 4 is 21.8 Å². The van der Waals surface area contributed by atoms with Crippen LogP contribution >= 0.6 is 15.9 Å². The Bertz CT molecular complexity index is 427. The molecule has 1 rings (SSSR count). The van der Waals surface area contributed by atoms with E-state index in [1.807, 2.05) is 0 Å². The van der Waals surface area contributed by atoms with Crippen LogP contribution in [0.15, 0.2) is 18.2 Å². The Morgan fingerprint density at radius 3 is 2.72 bits per heavy atom. The van der Waals surface area contributed by atoms with E-state index in [9.17, 15) is 18.7 Å². The van der Waals surface area contributed by atoms with Gasteiger partial charge in [0.25, 0.3) is 12.3 Å². The minimum Gasteiger partial charge on any atom is -0.507 e. The zero-order valence-electron chi connectivity index (χ0n) is 9.87. The summed E-state index contributed by atoms with van der Waals surface area (Å²) in [7, 11) is 0. The van der Waals surface area contributed by atoms with E-state index in [2.05, 4.69) is 15.9 Å². The van der Waals surface area contributed by atoms with E-state index in [0.29, 0.717) is 10.9 Å². The topological polar surface area (TPSA) is 40.5 Å². The average Bonchev–Trinajstić information content (AvgIpc) is 2.31. The monoisotopic (exact) mass is 321 g/mol. The number of hydrogen-bond donors (Lipinski definition) is 1. The van der Waals surface area contributed by atoms with Crippen molar-refractivity contribution < 1.29 is 18.7 Å². The number of alkyl halides is 3. The number of aromatic hydroxyl groups is 1. The number of phenols is 1. The summed E-state index contributed by atoms with van der Waals surface area (Å²) in [6.07, 6.45) is -2.60. The molecule has 1 aromatic carbocycles. The van der Waals surface area contributed by atoms with Gasteiger partial charge < -0.3 is 10.0 Å². The first kappa shape index (κ1) is 14.9. The first-order valence-electron chi connectivity index (χ1n) is 5.39. The Balaban J connectivity index is 2.98. The van der Waals surface area contributed by atoms with Crippen LogP contribution in [0.4, 0.5) is 8.78 Å². The smallest absolute Gasteiger partial charge is 0.257 e. The zero-order valence-corrected chi connectivity index (χ0v) is 11.5. The van der Waals surface area contributed by atoms with E-state index in [1.165, 1.54) is 6.07 Å². The minimum absolute atomic E-state index is 0.0524. The Morgan fingerprint density at radius 2 is 2.17 bits per heavy atom. The molecule has 0 heterocycles. The summed E-state index contributed by atoms with van der Waals surface area (Å²) >= 11 is 3.11. The van der Waals surface area contributed by atoms with Crippen molar-refractivity contribution in [2.45, 2.75) is 13.3 Å². The second-order valence-electron chi connectivity index (χ2n) is 3.80. The van der Waals surface area contributed by atoms with Crippen molar-refractivity contribution in [2.24, 2.45) is 0 Å². The Kier molecular flexibility index (Phi) is 5.53. The van der Waals surface area contributed by atoms with Gasteiger partial charge in [0.05, 0.1) is 12.1 Å². The maximum Gasteiger partial charge on any atom is 0.257 e. The first-order chi connectivity index (χ1) is 8.47. The summed E-state index contributed by atoms with van der Waals surface area (Å²) in [5, 5.41) is 10.2. The van der Waals surface area contributed by atoms with Crippen molar-refractivity contribution in [3.63, 3.8) is 0 Å². The summed E-state index contributed by atoms with van der Waals surface area (Å²) < 4.78 is 24.8. The summed E-state index contributed by atoms with van der Waals surface area (Å²) in [5.41, 5.74) is 0.591. The number of hydrogen-bond acceptors (Lipinski definition) is 2. The third kappa shape index (κ3) is 3.66. The van der Waals surface area contributed by atoms with Crippen LogP contribution in [0.25, 0.3) is 0 Å². The molecule has 1 amide bonds. The van der Waals surface area contributed by atoms with Gasteiger partial charge in [-0.3, -0.25) is 4.79 Å². The van der Waals surface area contributed by atoms with Gasteiger partial charge in [-0.15, -0.1) is 0 Å². The molecule has 0 spiro atoms. The lowest BCUT2D eigenvalue weighted by molar-refractivity contribution is 0.0569. The van der Waals surface area contributed by atoms with Crippen LogP contribution in [0.5, 0.6) is 5.75 Å². The maximum absolute atomic E-state index is 12.4. The fourth-order valence-corrected chi connectivity index (χ4v) is 1.97. The average molecular weight is 322 g/mol. The van der Waals surface area contributed by atoms with Gasteiger partial charge in [-0.1, -0.05) is 28.1 Å². The SMILES string of the molecule is Cc1cccc(C(=O)N(CCBr)CC(F)F)c1O. The van der Waals surface area contributed by atoms with Gasteiger partial charge in [0.15, 0.2) is 0 Å². The summed E-state index contributed by atoms with van der Waals surface area (Å²) in [4.78, 5) is 13.1. The maximum atomic E-state index is 12.4. The fourth-order valence-electron chi connectivity index (χ4n) is 1.55.